The number of nitrogens with two attached hydrogens (primary N) is 1. The summed E-state index contributed by atoms with van der Waals surface area (Å²) in [5, 5.41) is 10.8. The Morgan fingerprint density at radius 2 is 2.41 bits per heavy atom. The van der Waals surface area contributed by atoms with Crippen LogP contribution in [0.5, 0.6) is 0 Å². The molecule has 5 nitrogen and oxygen atoms in total. The summed E-state index contributed by atoms with van der Waals surface area (Å²) in [7, 11) is 0. The average molecular weight is 237 g/mol. The van der Waals surface area contributed by atoms with Crippen LogP contribution in [0.4, 0.5) is 0 Å². The number of hydrogen-bond donors (Lipinski definition) is 1. The number of carboxylic acid groups (broad SMARTS) is 1. The number of aliphatic imine (C=N–C) groups is 1. The number of rotatable bonds is 8. The Hall–Kier alpha value is -1.46. The lowest BCUT2D eigenvalue weighted by atomic mass is 10.2. The first kappa shape index (κ1) is 13.6. The van der Waals surface area contributed by atoms with E-state index < -0.39 is 5.97 Å². The molecule has 0 fully saturated rings. The summed E-state index contributed by atoms with van der Waals surface area (Å²) in [5.74, 6) is -0.233. The standard InChI is InChI=1S/C12H19N3O2/c1-2-3-4-5-11-14-7-9-15(11,8-6-13)10-12(16)17/h2,7,9H,1,3-6,8,10,13H2. The summed E-state index contributed by atoms with van der Waals surface area (Å²) in [6.45, 7) is 4.52. The summed E-state index contributed by atoms with van der Waals surface area (Å²) in [5.41, 5.74) is 5.55. The first-order chi connectivity index (χ1) is 8.14. The van der Waals surface area contributed by atoms with E-state index in [9.17, 15) is 9.90 Å². The molecule has 1 heterocycles. The van der Waals surface area contributed by atoms with Crippen LogP contribution in [-0.2, 0) is 4.79 Å². The molecule has 0 aromatic rings. The maximum atomic E-state index is 10.8. The Morgan fingerprint density at radius 3 is 3.00 bits per heavy atom. The molecule has 0 aliphatic carbocycles. The third-order valence-corrected chi connectivity index (χ3v) is 2.84. The maximum Gasteiger partial charge on any atom is 0.207 e. The van der Waals surface area contributed by atoms with Gasteiger partial charge in [0, 0.05) is 13.0 Å². The largest absolute Gasteiger partial charge is 0.544 e. The van der Waals surface area contributed by atoms with Gasteiger partial charge >= 0.3 is 0 Å². The van der Waals surface area contributed by atoms with Crippen LogP contribution in [0.2, 0.25) is 0 Å². The van der Waals surface area contributed by atoms with E-state index in [0.29, 0.717) is 13.1 Å². The van der Waals surface area contributed by atoms with Gasteiger partial charge in [0.2, 0.25) is 5.84 Å². The molecule has 94 valence electrons. The summed E-state index contributed by atoms with van der Waals surface area (Å²) < 4.78 is 0.204. The molecular weight excluding hydrogens is 218 g/mol. The predicted molar refractivity (Wildman–Crippen MR) is 64.7 cm³/mol. The molecule has 1 rings (SSSR count). The Morgan fingerprint density at radius 1 is 1.65 bits per heavy atom. The summed E-state index contributed by atoms with van der Waals surface area (Å²) >= 11 is 0. The van der Waals surface area contributed by atoms with Gasteiger partial charge < -0.3 is 15.6 Å². The highest BCUT2D eigenvalue weighted by atomic mass is 16.4. The van der Waals surface area contributed by atoms with E-state index in [0.717, 1.165) is 25.1 Å². The second-order valence-electron chi connectivity index (χ2n) is 4.10. The SMILES string of the molecule is C=CCCCC1=NC=C[N+]1(CCN)CC(=O)[O-]. The molecule has 1 unspecified atom stereocenters. The van der Waals surface area contributed by atoms with Crippen LogP contribution in [0.25, 0.3) is 0 Å². The van der Waals surface area contributed by atoms with Gasteiger partial charge in [0.1, 0.15) is 19.3 Å². The van der Waals surface area contributed by atoms with E-state index in [4.69, 9.17) is 5.73 Å². The molecule has 1 aliphatic rings. The molecule has 0 amide bonds. The van der Waals surface area contributed by atoms with Crippen molar-refractivity contribution in [2.45, 2.75) is 19.3 Å². The van der Waals surface area contributed by atoms with Crippen molar-refractivity contribution in [3.8, 4) is 0 Å². The average Bonchev–Trinajstić information content (AvgIpc) is 2.61. The van der Waals surface area contributed by atoms with Crippen LogP contribution in [0.15, 0.2) is 30.0 Å². The Bertz CT molecular complexity index is 350. The number of allylic oxidation sites excluding steroid dienone is 1. The van der Waals surface area contributed by atoms with E-state index in [2.05, 4.69) is 11.6 Å². The normalized spacial score (nSPS) is 22.5. The highest BCUT2D eigenvalue weighted by Gasteiger charge is 2.34. The third-order valence-electron chi connectivity index (χ3n) is 2.84. The topological polar surface area (TPSA) is 78.5 Å². The van der Waals surface area contributed by atoms with Crippen molar-refractivity contribution in [2.75, 3.05) is 19.6 Å². The van der Waals surface area contributed by atoms with Gasteiger partial charge in [-0.2, -0.15) is 0 Å². The Kier molecular flexibility index (Phi) is 5.06. The zero-order valence-corrected chi connectivity index (χ0v) is 9.97. The van der Waals surface area contributed by atoms with Crippen LogP contribution in [0.3, 0.4) is 0 Å². The second kappa shape index (κ2) is 6.32. The number of hydrogen-bond acceptors (Lipinski definition) is 4. The Balaban J connectivity index is 2.73. The molecule has 0 spiro atoms. The molecule has 0 aromatic carbocycles. The highest BCUT2D eigenvalue weighted by molar-refractivity contribution is 5.80. The number of aliphatic carboxylic acids is 1. The van der Waals surface area contributed by atoms with Crippen molar-refractivity contribution in [3.05, 3.63) is 25.1 Å². The van der Waals surface area contributed by atoms with Crippen LogP contribution in [0.1, 0.15) is 19.3 Å². The first-order valence-corrected chi connectivity index (χ1v) is 5.77. The van der Waals surface area contributed by atoms with E-state index in [-0.39, 0.29) is 11.0 Å². The monoisotopic (exact) mass is 237 g/mol. The fourth-order valence-electron chi connectivity index (χ4n) is 2.03. The molecule has 0 saturated heterocycles. The molecule has 1 aliphatic heterocycles. The van der Waals surface area contributed by atoms with E-state index in [1.54, 1.807) is 12.4 Å². The highest BCUT2D eigenvalue weighted by Crippen LogP contribution is 2.20. The van der Waals surface area contributed by atoms with Crippen LogP contribution < -0.4 is 10.8 Å². The third kappa shape index (κ3) is 3.51. The minimum Gasteiger partial charge on any atom is -0.544 e. The number of unbranched alkanes of at least 4 members (excludes halogenated alkanes) is 1. The van der Waals surface area contributed by atoms with Gasteiger partial charge in [-0.3, -0.25) is 0 Å². The van der Waals surface area contributed by atoms with Crippen LogP contribution in [-0.4, -0.2) is 35.9 Å². The molecule has 5 heteroatoms. The van der Waals surface area contributed by atoms with E-state index in [1.165, 1.54) is 0 Å². The summed E-state index contributed by atoms with van der Waals surface area (Å²) in [6, 6.07) is 0. The number of carboxylic acids is 1. The lowest BCUT2D eigenvalue weighted by molar-refractivity contribution is -0.780. The number of carbonyl (C=O) groups excluding carboxylic acids is 1. The number of nitrogens with zero attached hydrogens (tertiary/aromatic N) is 2. The van der Waals surface area contributed by atoms with Crippen LogP contribution in [0, 0.1) is 0 Å². The zero-order valence-electron chi connectivity index (χ0n) is 9.97. The quantitative estimate of drug-likeness (QED) is 0.359. The van der Waals surface area contributed by atoms with Crippen molar-refractivity contribution >= 4 is 11.8 Å². The van der Waals surface area contributed by atoms with Crippen molar-refractivity contribution in [1.82, 2.24) is 0 Å². The van der Waals surface area contributed by atoms with Gasteiger partial charge in [0.15, 0.2) is 0 Å². The fourth-order valence-corrected chi connectivity index (χ4v) is 2.03. The van der Waals surface area contributed by atoms with Gasteiger partial charge in [-0.25, -0.2) is 9.48 Å². The lowest BCUT2D eigenvalue weighted by Gasteiger charge is -2.32. The van der Waals surface area contributed by atoms with Crippen molar-refractivity contribution in [3.63, 3.8) is 0 Å². The minimum absolute atomic E-state index is 0.0966. The van der Waals surface area contributed by atoms with Gasteiger partial charge in [-0.1, -0.05) is 6.08 Å². The van der Waals surface area contributed by atoms with Gasteiger partial charge in [-0.15, -0.1) is 6.58 Å². The van der Waals surface area contributed by atoms with Crippen molar-refractivity contribution < 1.29 is 14.4 Å². The van der Waals surface area contributed by atoms with E-state index in [1.807, 2.05) is 6.08 Å². The fraction of sp³-hybridized carbons (Fsp3) is 0.500. The van der Waals surface area contributed by atoms with Gasteiger partial charge in [-0.05, 0) is 12.8 Å². The number of quaternary nitrogens is 1. The summed E-state index contributed by atoms with van der Waals surface area (Å²) in [6.07, 6.45) is 7.86. The maximum absolute atomic E-state index is 10.8. The second-order valence-corrected chi connectivity index (χ2v) is 4.10. The van der Waals surface area contributed by atoms with Crippen molar-refractivity contribution in [2.24, 2.45) is 10.7 Å². The molecule has 0 aromatic heterocycles. The molecular formula is C12H19N3O2. The van der Waals surface area contributed by atoms with Gasteiger partial charge in [0.05, 0.1) is 12.2 Å². The number of amidine groups is 1. The van der Waals surface area contributed by atoms with Crippen LogP contribution >= 0.6 is 0 Å². The lowest BCUT2D eigenvalue weighted by Crippen LogP contribution is -2.55. The first-order valence-electron chi connectivity index (χ1n) is 5.77. The predicted octanol–water partition coefficient (Wildman–Crippen LogP) is -0.249. The molecule has 17 heavy (non-hydrogen) atoms. The zero-order chi connectivity index (χ0) is 12.7. The minimum atomic E-state index is -1.08. The molecule has 0 saturated carbocycles. The summed E-state index contributed by atoms with van der Waals surface area (Å²) in [4.78, 5) is 15.1. The molecule has 2 N–H and O–H groups in total. The molecule has 0 radical (unpaired) electrons. The molecule has 0 bridgehead atoms. The number of carbonyl (C=O) groups is 1. The smallest absolute Gasteiger partial charge is 0.207 e. The molecule has 1 atom stereocenters. The van der Waals surface area contributed by atoms with E-state index >= 15 is 0 Å². The van der Waals surface area contributed by atoms with Gasteiger partial charge in [0.25, 0.3) is 0 Å². The van der Waals surface area contributed by atoms with Crippen molar-refractivity contribution in [1.29, 1.82) is 0 Å². The Labute approximate surface area is 102 Å².